The van der Waals surface area contributed by atoms with E-state index in [9.17, 15) is 31.2 Å². The summed E-state index contributed by atoms with van der Waals surface area (Å²) in [5.41, 5.74) is 0. The Morgan fingerprint density at radius 3 is 1.86 bits per heavy atom. The van der Waals surface area contributed by atoms with Crippen LogP contribution in [-0.2, 0) is 39.5 Å². The van der Waals surface area contributed by atoms with Crippen LogP contribution >= 0.6 is 12.6 Å². The Bertz CT molecular complexity index is 644. The highest BCUT2D eigenvalue weighted by molar-refractivity contribution is 8.19. The first kappa shape index (κ1) is 17.8. The van der Waals surface area contributed by atoms with E-state index >= 15 is 0 Å². The molecule has 21 heavy (non-hydrogen) atoms. The van der Waals surface area contributed by atoms with Gasteiger partial charge in [-0.15, -0.1) is 17.7 Å². The summed E-state index contributed by atoms with van der Waals surface area (Å²) in [6.07, 6.45) is -2.14. The highest BCUT2D eigenvalue weighted by Gasteiger charge is 2.54. The van der Waals surface area contributed by atoms with Crippen LogP contribution in [0.15, 0.2) is 0 Å². The third-order valence-electron chi connectivity index (χ3n) is 2.37. The molecule has 0 saturated carbocycles. The van der Waals surface area contributed by atoms with Gasteiger partial charge in [0.15, 0.2) is 0 Å². The molecular formula is C7H9NO10S3. The summed E-state index contributed by atoms with van der Waals surface area (Å²) in [6, 6.07) is 0. The summed E-state index contributed by atoms with van der Waals surface area (Å²) in [5, 5.41) is 0.0323. The molecule has 0 radical (unpaired) electrons. The molecule has 0 aliphatic carbocycles. The van der Waals surface area contributed by atoms with Gasteiger partial charge < -0.3 is 4.84 Å². The van der Waals surface area contributed by atoms with Crippen LogP contribution in [0.5, 0.6) is 0 Å². The fraction of sp³-hybridized carbons (Fsp3) is 0.571. The monoisotopic (exact) mass is 363 g/mol. The number of thiol groups is 1. The largest absolute Gasteiger partial charge is 0.336 e. The number of rotatable bonds is 5. The lowest BCUT2D eigenvalue weighted by atomic mass is 10.4. The molecule has 0 unspecified atom stereocenters. The van der Waals surface area contributed by atoms with Crippen molar-refractivity contribution in [3.8, 4) is 0 Å². The zero-order valence-corrected chi connectivity index (χ0v) is 12.5. The molecule has 0 aromatic carbocycles. The molecule has 1 heterocycles. The number of imide groups is 1. The molecule has 11 nitrogen and oxygen atoms in total. The molecule has 14 heteroatoms. The van der Waals surface area contributed by atoms with E-state index in [0.717, 1.165) is 0 Å². The number of carbonyl (C=O) groups excluding carboxylic acids is 3. The van der Waals surface area contributed by atoms with Gasteiger partial charge in [-0.1, -0.05) is 0 Å². The molecule has 2 N–H and O–H groups in total. The number of hydrogen-bond donors (Lipinski definition) is 3. The van der Waals surface area contributed by atoms with E-state index in [4.69, 9.17) is 9.11 Å². The summed E-state index contributed by atoms with van der Waals surface area (Å²) < 4.78 is 57.9. The van der Waals surface area contributed by atoms with Crippen LogP contribution in [-0.4, -0.2) is 52.2 Å². The van der Waals surface area contributed by atoms with Crippen molar-refractivity contribution < 1.29 is 45.2 Å². The zero-order valence-electron chi connectivity index (χ0n) is 9.99. The topological polar surface area (TPSA) is 172 Å². The minimum atomic E-state index is -5.54. The minimum Gasteiger partial charge on any atom is -0.330 e. The molecule has 0 atom stereocenters. The fourth-order valence-corrected chi connectivity index (χ4v) is 3.08. The van der Waals surface area contributed by atoms with Crippen molar-refractivity contribution >= 4 is 50.6 Å². The van der Waals surface area contributed by atoms with Crippen molar-refractivity contribution in [2.45, 2.75) is 22.7 Å². The quantitative estimate of drug-likeness (QED) is 0.291. The van der Waals surface area contributed by atoms with Crippen molar-refractivity contribution in [2.24, 2.45) is 0 Å². The highest BCUT2D eigenvalue weighted by Crippen LogP contribution is 2.32. The van der Waals surface area contributed by atoms with Gasteiger partial charge in [0.05, 0.1) is 6.42 Å². The van der Waals surface area contributed by atoms with Crippen molar-refractivity contribution in [1.29, 1.82) is 0 Å². The smallest absolute Gasteiger partial charge is 0.330 e. The maximum absolute atomic E-state index is 11.4. The average Bonchev–Trinajstić information content (AvgIpc) is 2.57. The molecule has 1 aliphatic heterocycles. The van der Waals surface area contributed by atoms with Crippen molar-refractivity contribution in [1.82, 2.24) is 5.06 Å². The van der Waals surface area contributed by atoms with Gasteiger partial charge >= 0.3 is 5.97 Å². The van der Waals surface area contributed by atoms with E-state index in [1.807, 2.05) is 0 Å². The van der Waals surface area contributed by atoms with Crippen molar-refractivity contribution in [3.63, 3.8) is 0 Å². The molecular weight excluding hydrogens is 354 g/mol. The predicted octanol–water partition coefficient (Wildman–Crippen LogP) is -1.66. The fourth-order valence-electron chi connectivity index (χ4n) is 1.29. The first-order valence-electron chi connectivity index (χ1n) is 5.02. The normalized spacial score (nSPS) is 17.2. The van der Waals surface area contributed by atoms with Crippen LogP contribution in [0.25, 0.3) is 0 Å². The highest BCUT2D eigenvalue weighted by atomic mass is 32.3. The molecule has 0 bridgehead atoms. The molecule has 0 aromatic heterocycles. The van der Waals surface area contributed by atoms with Gasteiger partial charge in [0.2, 0.25) is 0 Å². The van der Waals surface area contributed by atoms with Crippen LogP contribution in [0.1, 0.15) is 19.3 Å². The lowest BCUT2D eigenvalue weighted by Gasteiger charge is -2.21. The summed E-state index contributed by atoms with van der Waals surface area (Å²) in [4.78, 5) is 38.0. The third kappa shape index (κ3) is 3.52. The van der Waals surface area contributed by atoms with Crippen molar-refractivity contribution in [3.05, 3.63) is 0 Å². The van der Waals surface area contributed by atoms with Crippen LogP contribution < -0.4 is 0 Å². The molecule has 120 valence electrons. The maximum atomic E-state index is 11.4. The SMILES string of the molecule is O=C(CC(S)(S(=O)(=O)O)S(=O)(=O)O)ON1C(=O)CCC1=O. The van der Waals surface area contributed by atoms with Gasteiger partial charge in [-0.05, 0) is 0 Å². The van der Waals surface area contributed by atoms with Gasteiger partial charge in [-0.2, -0.15) is 16.8 Å². The lowest BCUT2D eigenvalue weighted by molar-refractivity contribution is -0.197. The molecule has 0 spiro atoms. The van der Waals surface area contributed by atoms with Crippen LogP contribution in [0, 0.1) is 0 Å². The Hall–Kier alpha value is -1.22. The Morgan fingerprint density at radius 1 is 1.14 bits per heavy atom. The zero-order chi connectivity index (χ0) is 16.6. The second-order valence-corrected chi connectivity index (χ2v) is 8.81. The van der Waals surface area contributed by atoms with E-state index in [1.54, 1.807) is 0 Å². The average molecular weight is 363 g/mol. The predicted molar refractivity (Wildman–Crippen MR) is 66.6 cm³/mol. The van der Waals surface area contributed by atoms with E-state index < -0.39 is 47.9 Å². The number of carbonyl (C=O) groups is 3. The molecule has 0 aromatic rings. The standard InChI is InChI=1S/C7H9NO10S3/c9-4-1-2-5(10)8(4)18-6(11)3-7(19,20(12,13)14)21(15,16)17/h19H,1-3H2,(H,12,13,14)(H,15,16,17). The molecule has 1 fully saturated rings. The molecule has 1 aliphatic rings. The van der Waals surface area contributed by atoms with Crippen LogP contribution in [0.3, 0.4) is 0 Å². The van der Waals surface area contributed by atoms with E-state index in [-0.39, 0.29) is 17.9 Å². The lowest BCUT2D eigenvalue weighted by Crippen LogP contribution is -2.44. The minimum absolute atomic E-state index is 0.0323. The Labute approximate surface area is 124 Å². The second-order valence-electron chi connectivity index (χ2n) is 3.88. The van der Waals surface area contributed by atoms with E-state index in [2.05, 4.69) is 17.5 Å². The van der Waals surface area contributed by atoms with E-state index in [0.29, 0.717) is 0 Å². The van der Waals surface area contributed by atoms with Crippen LogP contribution in [0.4, 0.5) is 0 Å². The number of nitrogens with zero attached hydrogens (tertiary/aromatic N) is 1. The summed E-state index contributed by atoms with van der Waals surface area (Å²) >= 11 is 3.10. The number of hydrogen-bond acceptors (Lipinski definition) is 9. The first-order valence-corrected chi connectivity index (χ1v) is 8.35. The Balaban J connectivity index is 2.99. The molecule has 2 amide bonds. The maximum Gasteiger partial charge on any atom is 0.336 e. The van der Waals surface area contributed by atoms with Crippen molar-refractivity contribution in [2.75, 3.05) is 0 Å². The van der Waals surface area contributed by atoms with Gasteiger partial charge in [-0.25, -0.2) is 4.79 Å². The van der Waals surface area contributed by atoms with Gasteiger partial charge in [-0.3, -0.25) is 18.7 Å². The number of hydroxylamine groups is 2. The third-order valence-corrected chi connectivity index (χ3v) is 7.08. The second kappa shape index (κ2) is 5.53. The summed E-state index contributed by atoms with van der Waals surface area (Å²) in [7, 11) is -11.1. The Kier molecular flexibility index (Phi) is 4.69. The first-order chi connectivity index (χ1) is 9.29. The van der Waals surface area contributed by atoms with Gasteiger partial charge in [0.25, 0.3) is 35.5 Å². The van der Waals surface area contributed by atoms with Gasteiger partial charge in [0.1, 0.15) is 0 Å². The molecule has 1 saturated heterocycles. The summed E-state index contributed by atoms with van der Waals surface area (Å²) in [5.74, 6) is -3.47. The number of amides is 2. The van der Waals surface area contributed by atoms with Gasteiger partial charge in [0, 0.05) is 12.8 Å². The summed E-state index contributed by atoms with van der Waals surface area (Å²) in [6.45, 7) is 0. The van der Waals surface area contributed by atoms with E-state index in [1.165, 1.54) is 0 Å². The van der Waals surface area contributed by atoms with Crippen LogP contribution in [0.2, 0.25) is 0 Å². The Morgan fingerprint density at radius 2 is 1.52 bits per heavy atom. The molecule has 1 rings (SSSR count).